The summed E-state index contributed by atoms with van der Waals surface area (Å²) in [5.74, 6) is -0.122. The largest absolute Gasteiger partial charge is 0.464 e. The van der Waals surface area contributed by atoms with E-state index in [0.717, 1.165) is 5.56 Å². The van der Waals surface area contributed by atoms with Crippen LogP contribution in [0.25, 0.3) is 33.7 Å². The average Bonchev–Trinajstić information content (AvgIpc) is 3.49. The molecule has 3 N–H and O–H groups in total. The fraction of sp³-hybridized carbons (Fsp3) is 0. The SMILES string of the molecule is Nc1c(C(=O)N/N=C/c2ccccc2Cl)oc2nc(-c3ccccc3)cc(-c3ccco3)c12. The van der Waals surface area contributed by atoms with Crippen molar-refractivity contribution in [2.75, 3.05) is 5.73 Å². The van der Waals surface area contributed by atoms with Crippen molar-refractivity contribution in [2.45, 2.75) is 0 Å². The van der Waals surface area contributed by atoms with Crippen LogP contribution >= 0.6 is 11.6 Å². The molecule has 0 spiro atoms. The molecular weight excluding hydrogens is 440 g/mol. The summed E-state index contributed by atoms with van der Waals surface area (Å²) in [4.78, 5) is 17.4. The number of nitrogen functional groups attached to an aromatic ring is 1. The molecule has 0 saturated carbocycles. The molecule has 33 heavy (non-hydrogen) atoms. The molecule has 8 heteroatoms. The molecular formula is C25H17ClN4O3. The second-order valence-corrected chi connectivity index (χ2v) is 7.55. The van der Waals surface area contributed by atoms with E-state index >= 15 is 0 Å². The Hall–Kier alpha value is -4.36. The summed E-state index contributed by atoms with van der Waals surface area (Å²) in [6.07, 6.45) is 3.01. The van der Waals surface area contributed by atoms with Gasteiger partial charge in [0.2, 0.25) is 11.5 Å². The lowest BCUT2D eigenvalue weighted by Gasteiger charge is -2.05. The molecule has 0 bridgehead atoms. The van der Waals surface area contributed by atoms with E-state index in [-0.39, 0.29) is 17.2 Å². The van der Waals surface area contributed by atoms with Gasteiger partial charge in [0.15, 0.2) is 0 Å². The first-order valence-corrected chi connectivity index (χ1v) is 10.4. The molecule has 5 rings (SSSR count). The number of pyridine rings is 1. The van der Waals surface area contributed by atoms with Gasteiger partial charge in [0.05, 0.1) is 29.2 Å². The number of amides is 1. The Morgan fingerprint density at radius 2 is 1.85 bits per heavy atom. The molecule has 0 radical (unpaired) electrons. The minimum Gasteiger partial charge on any atom is -0.464 e. The van der Waals surface area contributed by atoms with Gasteiger partial charge in [0.1, 0.15) is 5.76 Å². The van der Waals surface area contributed by atoms with Gasteiger partial charge in [0, 0.05) is 21.7 Å². The zero-order chi connectivity index (χ0) is 22.8. The summed E-state index contributed by atoms with van der Waals surface area (Å²) < 4.78 is 11.4. The number of carbonyl (C=O) groups is 1. The summed E-state index contributed by atoms with van der Waals surface area (Å²) in [6, 6.07) is 22.2. The molecule has 0 fully saturated rings. The number of hydrazone groups is 1. The number of halogens is 1. The van der Waals surface area contributed by atoms with E-state index in [2.05, 4.69) is 15.5 Å². The van der Waals surface area contributed by atoms with Crippen molar-refractivity contribution in [1.82, 2.24) is 10.4 Å². The second kappa shape index (κ2) is 8.64. The maximum Gasteiger partial charge on any atom is 0.309 e. The Labute approximate surface area is 193 Å². The minimum absolute atomic E-state index is 0.0909. The monoisotopic (exact) mass is 456 g/mol. The van der Waals surface area contributed by atoms with Crippen molar-refractivity contribution in [3.63, 3.8) is 0 Å². The van der Waals surface area contributed by atoms with Crippen LogP contribution in [-0.4, -0.2) is 17.1 Å². The quantitative estimate of drug-likeness (QED) is 0.258. The fourth-order valence-electron chi connectivity index (χ4n) is 3.46. The zero-order valence-corrected chi connectivity index (χ0v) is 17.9. The van der Waals surface area contributed by atoms with Crippen LogP contribution in [0.1, 0.15) is 16.1 Å². The lowest BCUT2D eigenvalue weighted by Crippen LogP contribution is -2.18. The van der Waals surface area contributed by atoms with Gasteiger partial charge >= 0.3 is 5.91 Å². The average molecular weight is 457 g/mol. The molecule has 0 aliphatic carbocycles. The Morgan fingerprint density at radius 3 is 2.61 bits per heavy atom. The van der Waals surface area contributed by atoms with Gasteiger partial charge in [-0.25, -0.2) is 10.4 Å². The van der Waals surface area contributed by atoms with E-state index in [1.165, 1.54) is 6.21 Å². The maximum atomic E-state index is 12.8. The van der Waals surface area contributed by atoms with E-state index in [1.807, 2.05) is 48.5 Å². The van der Waals surface area contributed by atoms with Gasteiger partial charge < -0.3 is 14.6 Å². The van der Waals surface area contributed by atoms with Gasteiger partial charge in [-0.1, -0.05) is 60.1 Å². The Balaban J connectivity index is 1.55. The number of fused-ring (bicyclic) bond motifs is 1. The summed E-state index contributed by atoms with van der Waals surface area (Å²) >= 11 is 6.11. The lowest BCUT2D eigenvalue weighted by molar-refractivity contribution is 0.0930. The van der Waals surface area contributed by atoms with Crippen LogP contribution in [0.15, 0.2) is 93.0 Å². The van der Waals surface area contributed by atoms with Gasteiger partial charge in [-0.2, -0.15) is 5.10 Å². The summed E-state index contributed by atoms with van der Waals surface area (Å²) in [5.41, 5.74) is 12.0. The third kappa shape index (κ3) is 3.97. The molecule has 1 amide bonds. The Kier molecular flexibility index (Phi) is 5.38. The number of carbonyl (C=O) groups excluding carboxylic acids is 1. The van der Waals surface area contributed by atoms with Crippen LogP contribution in [0, 0.1) is 0 Å². The highest BCUT2D eigenvalue weighted by Gasteiger charge is 2.24. The molecule has 2 aromatic carbocycles. The Bertz CT molecular complexity index is 1470. The number of furan rings is 2. The third-order valence-corrected chi connectivity index (χ3v) is 5.38. The fourth-order valence-corrected chi connectivity index (χ4v) is 3.65. The van der Waals surface area contributed by atoms with Crippen molar-refractivity contribution in [3.05, 3.63) is 95.4 Å². The topological polar surface area (TPSA) is 107 Å². The van der Waals surface area contributed by atoms with Gasteiger partial charge in [-0.05, 0) is 24.3 Å². The van der Waals surface area contributed by atoms with Crippen LogP contribution < -0.4 is 11.2 Å². The van der Waals surface area contributed by atoms with Crippen LogP contribution in [0.2, 0.25) is 5.02 Å². The van der Waals surface area contributed by atoms with E-state index in [1.54, 1.807) is 30.5 Å². The van der Waals surface area contributed by atoms with Crippen LogP contribution in [0.5, 0.6) is 0 Å². The maximum absolute atomic E-state index is 12.8. The minimum atomic E-state index is -0.611. The van der Waals surface area contributed by atoms with Gasteiger partial charge in [-0.15, -0.1) is 0 Å². The highest BCUT2D eigenvalue weighted by molar-refractivity contribution is 6.33. The molecule has 0 aliphatic heterocycles. The number of nitrogens with one attached hydrogen (secondary N) is 1. The highest BCUT2D eigenvalue weighted by Crippen LogP contribution is 2.38. The number of nitrogens with zero attached hydrogens (tertiary/aromatic N) is 2. The van der Waals surface area contributed by atoms with E-state index < -0.39 is 5.91 Å². The van der Waals surface area contributed by atoms with Crippen LogP contribution in [-0.2, 0) is 0 Å². The number of rotatable bonds is 5. The van der Waals surface area contributed by atoms with E-state index in [4.69, 9.17) is 26.2 Å². The number of hydrogen-bond acceptors (Lipinski definition) is 6. The summed E-state index contributed by atoms with van der Waals surface area (Å²) in [6.45, 7) is 0. The van der Waals surface area contributed by atoms with E-state index in [0.29, 0.717) is 33.0 Å². The molecule has 0 aliphatic rings. The van der Waals surface area contributed by atoms with Crippen molar-refractivity contribution in [1.29, 1.82) is 0 Å². The number of hydrogen-bond donors (Lipinski definition) is 2. The molecule has 3 heterocycles. The number of aromatic nitrogens is 1. The normalized spacial score (nSPS) is 11.3. The van der Waals surface area contributed by atoms with Crippen molar-refractivity contribution in [2.24, 2.45) is 5.10 Å². The lowest BCUT2D eigenvalue weighted by atomic mass is 10.0. The van der Waals surface area contributed by atoms with Crippen LogP contribution in [0.3, 0.4) is 0 Å². The van der Waals surface area contributed by atoms with E-state index in [9.17, 15) is 4.79 Å². The van der Waals surface area contributed by atoms with Crippen molar-refractivity contribution >= 4 is 40.5 Å². The van der Waals surface area contributed by atoms with Crippen molar-refractivity contribution in [3.8, 4) is 22.6 Å². The molecule has 162 valence electrons. The first kappa shape index (κ1) is 20.5. The summed E-state index contributed by atoms with van der Waals surface area (Å²) in [7, 11) is 0. The first-order valence-electron chi connectivity index (χ1n) is 10.0. The van der Waals surface area contributed by atoms with Crippen LogP contribution in [0.4, 0.5) is 5.69 Å². The number of anilines is 1. The molecule has 3 aromatic heterocycles. The highest BCUT2D eigenvalue weighted by atomic mass is 35.5. The third-order valence-electron chi connectivity index (χ3n) is 5.04. The van der Waals surface area contributed by atoms with Gasteiger partial charge in [0.25, 0.3) is 0 Å². The van der Waals surface area contributed by atoms with Gasteiger partial charge in [-0.3, -0.25) is 4.79 Å². The second-order valence-electron chi connectivity index (χ2n) is 7.14. The number of benzene rings is 2. The molecule has 7 nitrogen and oxygen atoms in total. The molecule has 0 unspecified atom stereocenters. The molecule has 0 saturated heterocycles. The predicted octanol–water partition coefficient (Wildman–Crippen LogP) is 5.75. The Morgan fingerprint density at radius 1 is 1.06 bits per heavy atom. The first-order chi connectivity index (χ1) is 16.1. The molecule has 5 aromatic rings. The zero-order valence-electron chi connectivity index (χ0n) is 17.2. The summed E-state index contributed by atoms with van der Waals surface area (Å²) in [5, 5.41) is 4.97. The number of nitrogens with two attached hydrogens (primary N) is 1. The molecule has 0 atom stereocenters. The predicted molar refractivity (Wildman–Crippen MR) is 128 cm³/mol. The van der Waals surface area contributed by atoms with Crippen molar-refractivity contribution < 1.29 is 13.6 Å². The smallest absolute Gasteiger partial charge is 0.309 e. The standard InChI is InChI=1S/C25H17ClN4O3/c26-18-10-5-4-9-16(18)14-28-30-24(31)23-22(27)21-17(20-11-6-12-32-20)13-19(29-25(21)33-23)15-7-2-1-3-8-15/h1-14H,27H2,(H,30,31)/b28-14+.